The predicted molar refractivity (Wildman–Crippen MR) is 80.6 cm³/mol. The van der Waals surface area contributed by atoms with Crippen molar-refractivity contribution in [3.8, 4) is 0 Å². The van der Waals surface area contributed by atoms with Gasteiger partial charge in [0.15, 0.2) is 5.82 Å². The standard InChI is InChI=1S/C15H24FN3O2/c1-10(2)7-13(14(17)20)19-9-11(5-6-18(3)4)8-12(16)15(19)21/h8-10,13H,5-7H2,1-4H3,(H2,17,20). The lowest BCUT2D eigenvalue weighted by molar-refractivity contribution is -0.121. The molecule has 0 aromatic carbocycles. The van der Waals surface area contributed by atoms with Gasteiger partial charge < -0.3 is 15.2 Å². The van der Waals surface area contributed by atoms with Gasteiger partial charge in [-0.3, -0.25) is 9.59 Å². The van der Waals surface area contributed by atoms with Crippen molar-refractivity contribution in [2.45, 2.75) is 32.7 Å². The first-order valence-electron chi connectivity index (χ1n) is 7.07. The number of carbonyl (C=O) groups is 1. The molecule has 0 aliphatic heterocycles. The van der Waals surface area contributed by atoms with Gasteiger partial charge in [0, 0.05) is 12.7 Å². The van der Waals surface area contributed by atoms with Crippen molar-refractivity contribution >= 4 is 5.91 Å². The molecule has 0 fully saturated rings. The molecule has 6 heteroatoms. The van der Waals surface area contributed by atoms with Gasteiger partial charge >= 0.3 is 0 Å². The smallest absolute Gasteiger partial charge is 0.287 e. The first kappa shape index (κ1) is 17.4. The van der Waals surface area contributed by atoms with Crippen LogP contribution in [0.3, 0.4) is 0 Å². The summed E-state index contributed by atoms with van der Waals surface area (Å²) in [6, 6.07) is 0.418. The summed E-state index contributed by atoms with van der Waals surface area (Å²) in [5.41, 5.74) is 5.26. The first-order chi connectivity index (χ1) is 9.72. The van der Waals surface area contributed by atoms with Crippen molar-refractivity contribution in [3.05, 3.63) is 34.0 Å². The molecule has 0 saturated carbocycles. The van der Waals surface area contributed by atoms with Crippen LogP contribution in [0.1, 0.15) is 31.9 Å². The van der Waals surface area contributed by atoms with Crippen molar-refractivity contribution in [1.82, 2.24) is 9.47 Å². The normalized spacial score (nSPS) is 12.9. The average molecular weight is 297 g/mol. The molecule has 0 radical (unpaired) electrons. The van der Waals surface area contributed by atoms with Gasteiger partial charge in [-0.2, -0.15) is 0 Å². The molecule has 0 aliphatic carbocycles. The molecule has 2 N–H and O–H groups in total. The summed E-state index contributed by atoms with van der Waals surface area (Å²) >= 11 is 0. The molecule has 1 heterocycles. The molecule has 1 unspecified atom stereocenters. The molecule has 1 aromatic heterocycles. The van der Waals surface area contributed by atoms with Gasteiger partial charge in [0.1, 0.15) is 6.04 Å². The summed E-state index contributed by atoms with van der Waals surface area (Å²) in [5, 5.41) is 0. The van der Waals surface area contributed by atoms with Crippen LogP contribution in [-0.4, -0.2) is 36.0 Å². The van der Waals surface area contributed by atoms with Crippen LogP contribution in [0, 0.1) is 11.7 Å². The van der Waals surface area contributed by atoms with Crippen molar-refractivity contribution in [2.75, 3.05) is 20.6 Å². The minimum atomic E-state index is -0.846. The second kappa shape index (κ2) is 7.36. The Morgan fingerprint density at radius 2 is 2.05 bits per heavy atom. The number of amides is 1. The highest BCUT2D eigenvalue weighted by Crippen LogP contribution is 2.17. The Bertz CT molecular complexity index is 552. The van der Waals surface area contributed by atoms with E-state index in [4.69, 9.17) is 5.73 Å². The number of pyridine rings is 1. The molecule has 0 spiro atoms. The lowest BCUT2D eigenvalue weighted by Gasteiger charge is -2.20. The molecule has 0 saturated heterocycles. The van der Waals surface area contributed by atoms with Crippen molar-refractivity contribution < 1.29 is 9.18 Å². The summed E-state index contributed by atoms with van der Waals surface area (Å²) in [6.07, 6.45) is 2.55. The number of likely N-dealkylation sites (N-methyl/N-ethyl adjacent to an activating group) is 1. The largest absolute Gasteiger partial charge is 0.368 e. The molecule has 0 aliphatic rings. The fourth-order valence-electron chi connectivity index (χ4n) is 2.16. The van der Waals surface area contributed by atoms with Crippen LogP contribution in [0.4, 0.5) is 4.39 Å². The van der Waals surface area contributed by atoms with Crippen molar-refractivity contribution in [2.24, 2.45) is 11.7 Å². The van der Waals surface area contributed by atoms with Crippen LogP contribution >= 0.6 is 0 Å². The third-order valence-corrected chi connectivity index (χ3v) is 3.26. The highest BCUT2D eigenvalue weighted by atomic mass is 19.1. The molecular weight excluding hydrogens is 273 g/mol. The molecule has 1 rings (SSSR count). The number of nitrogens with zero attached hydrogens (tertiary/aromatic N) is 2. The highest BCUT2D eigenvalue weighted by Gasteiger charge is 2.22. The molecule has 1 atom stereocenters. The lowest BCUT2D eigenvalue weighted by Crippen LogP contribution is -2.36. The van der Waals surface area contributed by atoms with E-state index in [1.165, 1.54) is 6.07 Å². The monoisotopic (exact) mass is 297 g/mol. The summed E-state index contributed by atoms with van der Waals surface area (Å²) in [5.74, 6) is -1.29. The minimum absolute atomic E-state index is 0.169. The SMILES string of the molecule is CC(C)CC(C(N)=O)n1cc(CCN(C)C)cc(F)c1=O. The van der Waals surface area contributed by atoms with E-state index in [0.717, 1.165) is 11.1 Å². The zero-order valence-corrected chi connectivity index (χ0v) is 13.1. The van der Waals surface area contributed by atoms with Crippen LogP contribution in [0.25, 0.3) is 0 Å². The Hall–Kier alpha value is -1.69. The maximum atomic E-state index is 13.8. The number of halogens is 1. The van der Waals surface area contributed by atoms with Crippen LogP contribution in [0.2, 0.25) is 0 Å². The number of aromatic nitrogens is 1. The summed E-state index contributed by atoms with van der Waals surface area (Å²) in [6.45, 7) is 4.57. The Labute approximate surface area is 124 Å². The molecule has 5 nitrogen and oxygen atoms in total. The molecule has 0 bridgehead atoms. The molecule has 1 aromatic rings. The van der Waals surface area contributed by atoms with E-state index < -0.39 is 23.3 Å². The second-order valence-corrected chi connectivity index (χ2v) is 6.01. The van der Waals surface area contributed by atoms with Gasteiger partial charge in [-0.15, -0.1) is 0 Å². The predicted octanol–water partition coefficient (Wildman–Crippen LogP) is 1.16. The molecule has 21 heavy (non-hydrogen) atoms. The average Bonchev–Trinajstić information content (AvgIpc) is 2.37. The second-order valence-electron chi connectivity index (χ2n) is 6.01. The topological polar surface area (TPSA) is 68.3 Å². The zero-order chi connectivity index (χ0) is 16.2. The fraction of sp³-hybridized carbons (Fsp3) is 0.600. The van der Waals surface area contributed by atoms with E-state index in [0.29, 0.717) is 18.4 Å². The van der Waals surface area contributed by atoms with E-state index in [2.05, 4.69) is 0 Å². The highest BCUT2D eigenvalue weighted by molar-refractivity contribution is 5.78. The van der Waals surface area contributed by atoms with Crippen molar-refractivity contribution in [3.63, 3.8) is 0 Å². The number of carbonyl (C=O) groups excluding carboxylic acids is 1. The summed E-state index contributed by atoms with van der Waals surface area (Å²) in [7, 11) is 3.83. The van der Waals surface area contributed by atoms with Crippen LogP contribution in [0.5, 0.6) is 0 Å². The van der Waals surface area contributed by atoms with E-state index in [-0.39, 0.29) is 5.92 Å². The Balaban J connectivity index is 3.19. The van der Waals surface area contributed by atoms with E-state index in [1.54, 1.807) is 6.20 Å². The van der Waals surface area contributed by atoms with Gasteiger partial charge in [0.05, 0.1) is 0 Å². The summed E-state index contributed by atoms with van der Waals surface area (Å²) in [4.78, 5) is 25.5. The molecular formula is C15H24FN3O2. The zero-order valence-electron chi connectivity index (χ0n) is 13.1. The van der Waals surface area contributed by atoms with Gasteiger partial charge in [0.25, 0.3) is 5.56 Å². The number of hydrogen-bond donors (Lipinski definition) is 1. The lowest BCUT2D eigenvalue weighted by atomic mass is 10.0. The maximum absolute atomic E-state index is 13.8. The Morgan fingerprint density at radius 3 is 2.52 bits per heavy atom. The number of rotatable bonds is 7. The quantitative estimate of drug-likeness (QED) is 0.821. The van der Waals surface area contributed by atoms with Gasteiger partial charge in [0.2, 0.25) is 5.91 Å². The van der Waals surface area contributed by atoms with Crippen molar-refractivity contribution in [1.29, 1.82) is 0 Å². The first-order valence-corrected chi connectivity index (χ1v) is 7.07. The molecule has 1 amide bonds. The minimum Gasteiger partial charge on any atom is -0.368 e. The third kappa shape index (κ3) is 4.97. The number of hydrogen-bond acceptors (Lipinski definition) is 3. The maximum Gasteiger partial charge on any atom is 0.287 e. The van der Waals surface area contributed by atoms with E-state index in [9.17, 15) is 14.0 Å². The Morgan fingerprint density at radius 1 is 1.43 bits per heavy atom. The van der Waals surface area contributed by atoms with Gasteiger partial charge in [-0.05, 0) is 44.5 Å². The summed E-state index contributed by atoms with van der Waals surface area (Å²) < 4.78 is 15.0. The third-order valence-electron chi connectivity index (χ3n) is 3.26. The van der Waals surface area contributed by atoms with Crippen LogP contribution in [0.15, 0.2) is 17.1 Å². The number of primary amides is 1. The Kier molecular flexibility index (Phi) is 6.08. The van der Waals surface area contributed by atoms with E-state index >= 15 is 0 Å². The van der Waals surface area contributed by atoms with Crippen LogP contribution < -0.4 is 11.3 Å². The van der Waals surface area contributed by atoms with Gasteiger partial charge in [-0.25, -0.2) is 4.39 Å². The van der Waals surface area contributed by atoms with E-state index in [1.807, 2.05) is 32.8 Å². The van der Waals surface area contributed by atoms with Crippen LogP contribution in [-0.2, 0) is 11.2 Å². The number of nitrogens with two attached hydrogens (primary N) is 1. The molecule has 118 valence electrons. The van der Waals surface area contributed by atoms with Gasteiger partial charge in [-0.1, -0.05) is 13.8 Å². The fourth-order valence-corrected chi connectivity index (χ4v) is 2.16.